The third-order valence-electron chi connectivity index (χ3n) is 3.57. The molecule has 0 saturated carbocycles. The molecule has 118 valence electrons. The molecule has 2 rings (SSSR count). The number of carbonyl (C=O) groups excluding carboxylic acids is 2. The number of benzene rings is 1. The Labute approximate surface area is 128 Å². The molecule has 22 heavy (non-hydrogen) atoms. The molecule has 1 fully saturated rings. The van der Waals surface area contributed by atoms with Crippen molar-refractivity contribution in [2.45, 2.75) is 13.8 Å². The van der Waals surface area contributed by atoms with Gasteiger partial charge in [0, 0.05) is 30.9 Å². The van der Waals surface area contributed by atoms with E-state index in [1.165, 1.54) is 0 Å². The van der Waals surface area contributed by atoms with Crippen LogP contribution in [0.25, 0.3) is 0 Å². The van der Waals surface area contributed by atoms with Crippen molar-refractivity contribution in [3.63, 3.8) is 0 Å². The van der Waals surface area contributed by atoms with Crippen LogP contribution in [0.3, 0.4) is 0 Å². The van der Waals surface area contributed by atoms with E-state index in [0.717, 1.165) is 5.69 Å². The van der Waals surface area contributed by atoms with Gasteiger partial charge >= 0.3 is 12.0 Å². The maximum Gasteiger partial charge on any atom is 0.321 e. The number of urea groups is 1. The summed E-state index contributed by atoms with van der Waals surface area (Å²) in [7, 11) is 0. The molecule has 0 unspecified atom stereocenters. The van der Waals surface area contributed by atoms with E-state index >= 15 is 0 Å². The molecule has 7 heteroatoms. The summed E-state index contributed by atoms with van der Waals surface area (Å²) in [5, 5.41) is 14.3. The molecule has 0 aliphatic carbocycles. The monoisotopic (exact) mass is 305 g/mol. The summed E-state index contributed by atoms with van der Waals surface area (Å²) in [5.74, 6) is -1.31. The summed E-state index contributed by atoms with van der Waals surface area (Å²) >= 11 is 0. The van der Waals surface area contributed by atoms with Gasteiger partial charge in [-0.3, -0.25) is 14.5 Å². The third kappa shape index (κ3) is 3.36. The second-order valence-corrected chi connectivity index (χ2v) is 5.80. The Bertz CT molecular complexity index is 595. The quantitative estimate of drug-likeness (QED) is 0.757. The van der Waals surface area contributed by atoms with Gasteiger partial charge in [0.25, 0.3) is 5.91 Å². The summed E-state index contributed by atoms with van der Waals surface area (Å²) in [4.78, 5) is 36.2. The molecule has 1 aliphatic heterocycles. The zero-order valence-corrected chi connectivity index (χ0v) is 12.5. The minimum Gasteiger partial charge on any atom is -0.481 e. The minimum absolute atomic E-state index is 0.0391. The highest BCUT2D eigenvalue weighted by Gasteiger charge is 2.27. The van der Waals surface area contributed by atoms with Gasteiger partial charge in [0.05, 0.1) is 5.41 Å². The van der Waals surface area contributed by atoms with Crippen LogP contribution in [-0.2, 0) is 4.79 Å². The van der Waals surface area contributed by atoms with E-state index in [1.54, 1.807) is 43.0 Å². The van der Waals surface area contributed by atoms with Crippen molar-refractivity contribution in [2.24, 2.45) is 5.41 Å². The molecule has 0 aromatic heterocycles. The Kier molecular flexibility index (Phi) is 4.35. The van der Waals surface area contributed by atoms with Crippen LogP contribution in [0.4, 0.5) is 10.5 Å². The van der Waals surface area contributed by atoms with Crippen LogP contribution in [0.5, 0.6) is 0 Å². The average Bonchev–Trinajstić information content (AvgIpc) is 2.91. The molecule has 0 radical (unpaired) electrons. The fraction of sp³-hybridized carbons (Fsp3) is 0.400. The van der Waals surface area contributed by atoms with Crippen LogP contribution in [0, 0.1) is 5.41 Å². The summed E-state index contributed by atoms with van der Waals surface area (Å²) in [6.07, 6.45) is 0. The summed E-state index contributed by atoms with van der Waals surface area (Å²) in [6, 6.07) is 6.47. The van der Waals surface area contributed by atoms with Crippen molar-refractivity contribution < 1.29 is 19.5 Å². The van der Waals surface area contributed by atoms with E-state index in [0.29, 0.717) is 18.7 Å². The fourth-order valence-electron chi connectivity index (χ4n) is 1.99. The van der Waals surface area contributed by atoms with E-state index in [4.69, 9.17) is 5.11 Å². The van der Waals surface area contributed by atoms with E-state index < -0.39 is 11.4 Å². The number of nitrogens with zero attached hydrogens (tertiary/aromatic N) is 1. The van der Waals surface area contributed by atoms with Gasteiger partial charge < -0.3 is 15.7 Å². The topological polar surface area (TPSA) is 98.7 Å². The molecule has 1 saturated heterocycles. The van der Waals surface area contributed by atoms with Crippen LogP contribution in [0.15, 0.2) is 24.3 Å². The lowest BCUT2D eigenvalue weighted by Gasteiger charge is -2.19. The standard InChI is InChI=1S/C15H19N3O4/c1-15(2,13(20)21)9-17-12(19)10-3-5-11(6-4-10)18-8-7-16-14(18)22/h3-6H,7-9H2,1-2H3,(H,16,22)(H,17,19)(H,20,21). The Morgan fingerprint density at radius 2 is 1.95 bits per heavy atom. The number of carboxylic acid groups (broad SMARTS) is 1. The van der Waals surface area contributed by atoms with E-state index in [1.807, 2.05) is 0 Å². The molecule has 3 N–H and O–H groups in total. The number of nitrogens with one attached hydrogen (secondary N) is 2. The summed E-state index contributed by atoms with van der Waals surface area (Å²) in [5.41, 5.74) is 0.116. The maximum absolute atomic E-state index is 12.0. The number of amides is 3. The fourth-order valence-corrected chi connectivity index (χ4v) is 1.99. The number of aliphatic carboxylic acids is 1. The van der Waals surface area contributed by atoms with Gasteiger partial charge in [-0.15, -0.1) is 0 Å². The van der Waals surface area contributed by atoms with Gasteiger partial charge in [-0.05, 0) is 38.1 Å². The molecule has 7 nitrogen and oxygen atoms in total. The first-order valence-electron chi connectivity index (χ1n) is 6.98. The molecule has 3 amide bonds. The Morgan fingerprint density at radius 3 is 2.45 bits per heavy atom. The highest BCUT2D eigenvalue weighted by atomic mass is 16.4. The van der Waals surface area contributed by atoms with Crippen LogP contribution < -0.4 is 15.5 Å². The van der Waals surface area contributed by atoms with Gasteiger partial charge in [-0.25, -0.2) is 4.79 Å². The molecular formula is C15H19N3O4. The van der Waals surface area contributed by atoms with Crippen molar-refractivity contribution >= 4 is 23.6 Å². The first-order chi connectivity index (χ1) is 10.3. The molecule has 0 spiro atoms. The predicted molar refractivity (Wildman–Crippen MR) is 80.9 cm³/mol. The number of hydrogen-bond donors (Lipinski definition) is 3. The van der Waals surface area contributed by atoms with Crippen molar-refractivity contribution in [3.05, 3.63) is 29.8 Å². The first kappa shape index (κ1) is 15.8. The smallest absolute Gasteiger partial charge is 0.321 e. The Hall–Kier alpha value is -2.57. The van der Waals surface area contributed by atoms with Gasteiger partial charge in [0.2, 0.25) is 0 Å². The number of hydrogen-bond acceptors (Lipinski definition) is 3. The molecule has 0 bridgehead atoms. The predicted octanol–water partition coefficient (Wildman–Crippen LogP) is 1.06. The molecule has 1 heterocycles. The number of carboxylic acids is 1. The van der Waals surface area contributed by atoms with Crippen LogP contribution in [0.1, 0.15) is 24.2 Å². The largest absolute Gasteiger partial charge is 0.481 e. The minimum atomic E-state index is -1.02. The van der Waals surface area contributed by atoms with Crippen LogP contribution in [-0.4, -0.2) is 42.6 Å². The SMILES string of the molecule is CC(C)(CNC(=O)c1ccc(N2CCNC2=O)cc1)C(=O)O. The van der Waals surface area contributed by atoms with E-state index in [-0.39, 0.29) is 18.5 Å². The third-order valence-corrected chi connectivity index (χ3v) is 3.57. The lowest BCUT2D eigenvalue weighted by Crippen LogP contribution is -2.38. The summed E-state index contributed by atoms with van der Waals surface area (Å²) < 4.78 is 0. The van der Waals surface area contributed by atoms with Gasteiger partial charge in [-0.1, -0.05) is 0 Å². The highest BCUT2D eigenvalue weighted by molar-refractivity contribution is 5.97. The van der Waals surface area contributed by atoms with E-state index in [9.17, 15) is 14.4 Å². The number of carbonyl (C=O) groups is 3. The molecule has 1 aromatic rings. The van der Waals surface area contributed by atoms with Gasteiger partial charge in [0.15, 0.2) is 0 Å². The second kappa shape index (κ2) is 6.05. The van der Waals surface area contributed by atoms with Gasteiger partial charge in [0.1, 0.15) is 0 Å². The molecule has 0 atom stereocenters. The first-order valence-corrected chi connectivity index (χ1v) is 6.98. The molecule has 1 aliphatic rings. The van der Waals surface area contributed by atoms with Crippen molar-refractivity contribution in [3.8, 4) is 0 Å². The van der Waals surface area contributed by atoms with Crippen LogP contribution in [0.2, 0.25) is 0 Å². The normalized spacial score (nSPS) is 14.6. The van der Waals surface area contributed by atoms with Crippen molar-refractivity contribution in [1.29, 1.82) is 0 Å². The zero-order valence-electron chi connectivity index (χ0n) is 12.5. The zero-order chi connectivity index (χ0) is 16.3. The maximum atomic E-state index is 12.0. The van der Waals surface area contributed by atoms with Crippen molar-refractivity contribution in [2.75, 3.05) is 24.5 Å². The lowest BCUT2D eigenvalue weighted by atomic mass is 9.94. The van der Waals surface area contributed by atoms with Gasteiger partial charge in [-0.2, -0.15) is 0 Å². The molecular weight excluding hydrogens is 286 g/mol. The van der Waals surface area contributed by atoms with Crippen LogP contribution >= 0.6 is 0 Å². The average molecular weight is 305 g/mol. The number of rotatable bonds is 5. The number of anilines is 1. The molecule has 1 aromatic carbocycles. The highest BCUT2D eigenvalue weighted by Crippen LogP contribution is 2.18. The Morgan fingerprint density at radius 1 is 1.32 bits per heavy atom. The summed E-state index contributed by atoms with van der Waals surface area (Å²) in [6.45, 7) is 4.33. The lowest BCUT2D eigenvalue weighted by molar-refractivity contribution is -0.146. The van der Waals surface area contributed by atoms with E-state index in [2.05, 4.69) is 10.6 Å². The Balaban J connectivity index is 1.99. The second-order valence-electron chi connectivity index (χ2n) is 5.80. The van der Waals surface area contributed by atoms with Crippen molar-refractivity contribution in [1.82, 2.24) is 10.6 Å².